The van der Waals surface area contributed by atoms with Crippen LogP contribution in [-0.4, -0.2) is 44.7 Å². The number of nitrogens with one attached hydrogen (secondary N) is 2. The maximum absolute atomic E-state index is 13.9. The lowest BCUT2D eigenvalue weighted by Crippen LogP contribution is -2.29. The summed E-state index contributed by atoms with van der Waals surface area (Å²) in [5.41, 5.74) is 6.84. The molecule has 12 heteroatoms. The molecule has 0 bridgehead atoms. The number of benzene rings is 1. The zero-order valence-corrected chi connectivity index (χ0v) is 19.7. The van der Waals surface area contributed by atoms with Crippen LogP contribution in [0.15, 0.2) is 18.3 Å². The molecule has 0 unspecified atom stereocenters. The minimum atomic E-state index is -1.03. The summed E-state index contributed by atoms with van der Waals surface area (Å²) in [5.74, 6) is -1.66. The molecule has 186 valence electrons. The second-order valence-electron chi connectivity index (χ2n) is 9.02. The van der Waals surface area contributed by atoms with Crippen LogP contribution in [0, 0.1) is 17.6 Å². The van der Waals surface area contributed by atoms with Crippen molar-refractivity contribution in [3.63, 3.8) is 0 Å². The Morgan fingerprint density at radius 1 is 1.09 bits per heavy atom. The smallest absolute Gasteiger partial charge is 0.224 e. The number of nitrogens with zero attached hydrogens (tertiary/aromatic N) is 4. The number of aromatic nitrogens is 4. The first-order valence-electron chi connectivity index (χ1n) is 11.7. The normalized spacial score (nSPS) is 21.2. The van der Waals surface area contributed by atoms with Gasteiger partial charge in [0, 0.05) is 37.3 Å². The number of nitrogens with two attached hydrogens (primary N) is 1. The standard InChI is InChI=1S/C23H26ClF2N7O2/c24-15-9-16(25)17(26)10-18(15)30-23-31-19-11-28-22(29-13-5-7-35-8-6-13)32-21(19)33(23)14-3-1-12(2-4-14)20(27)34/h9-14H,1-8H2,(H2,27,34)(H,30,31)(H,28,29,32)/t12-,14-. The quantitative estimate of drug-likeness (QED) is 0.427. The average Bonchev–Trinajstić information content (AvgIpc) is 3.20. The number of fused-ring (bicyclic) bond motifs is 1. The van der Waals surface area contributed by atoms with Gasteiger partial charge in [0.2, 0.25) is 17.8 Å². The van der Waals surface area contributed by atoms with Crippen LogP contribution >= 0.6 is 11.6 Å². The molecule has 2 aliphatic rings. The number of halogens is 3. The molecule has 1 aliphatic carbocycles. The van der Waals surface area contributed by atoms with Crippen molar-refractivity contribution in [1.29, 1.82) is 0 Å². The number of imidazole rings is 1. The van der Waals surface area contributed by atoms with Gasteiger partial charge in [-0.1, -0.05) is 11.6 Å². The van der Waals surface area contributed by atoms with Crippen LogP contribution in [-0.2, 0) is 9.53 Å². The Hall–Kier alpha value is -3.05. The van der Waals surface area contributed by atoms with Gasteiger partial charge in [-0.25, -0.2) is 18.7 Å². The van der Waals surface area contributed by atoms with Gasteiger partial charge in [0.1, 0.15) is 5.52 Å². The van der Waals surface area contributed by atoms with E-state index in [1.165, 1.54) is 0 Å². The Kier molecular flexibility index (Phi) is 6.70. The van der Waals surface area contributed by atoms with Crippen LogP contribution in [0.25, 0.3) is 11.2 Å². The first-order chi connectivity index (χ1) is 16.9. The van der Waals surface area contributed by atoms with E-state index in [4.69, 9.17) is 27.1 Å². The van der Waals surface area contributed by atoms with Crippen LogP contribution in [0.2, 0.25) is 5.02 Å². The molecule has 9 nitrogen and oxygen atoms in total. The number of ether oxygens (including phenoxy) is 1. The lowest BCUT2D eigenvalue weighted by atomic mass is 9.85. The van der Waals surface area contributed by atoms with Gasteiger partial charge in [-0.15, -0.1) is 0 Å². The minimum absolute atomic E-state index is 0.0212. The van der Waals surface area contributed by atoms with Gasteiger partial charge in [0.15, 0.2) is 17.3 Å². The second kappa shape index (κ2) is 9.90. The number of rotatable bonds is 6. The van der Waals surface area contributed by atoms with Gasteiger partial charge in [0.25, 0.3) is 0 Å². The summed E-state index contributed by atoms with van der Waals surface area (Å²) in [7, 11) is 0. The van der Waals surface area contributed by atoms with E-state index in [2.05, 4.69) is 20.6 Å². The zero-order valence-electron chi connectivity index (χ0n) is 18.9. The molecule has 0 atom stereocenters. The Morgan fingerprint density at radius 2 is 1.80 bits per heavy atom. The second-order valence-corrected chi connectivity index (χ2v) is 9.43. The van der Waals surface area contributed by atoms with Crippen LogP contribution in [0.3, 0.4) is 0 Å². The predicted molar refractivity (Wildman–Crippen MR) is 128 cm³/mol. The molecule has 2 fully saturated rings. The molecular formula is C23H26ClF2N7O2. The molecule has 4 N–H and O–H groups in total. The molecule has 0 radical (unpaired) electrons. The topological polar surface area (TPSA) is 120 Å². The summed E-state index contributed by atoms with van der Waals surface area (Å²) in [4.78, 5) is 25.5. The first kappa shape index (κ1) is 23.7. The molecule has 0 spiro atoms. The first-order valence-corrected chi connectivity index (χ1v) is 12.1. The highest BCUT2D eigenvalue weighted by atomic mass is 35.5. The Bertz CT molecular complexity index is 1240. The monoisotopic (exact) mass is 505 g/mol. The van der Waals surface area contributed by atoms with Crippen molar-refractivity contribution in [2.24, 2.45) is 11.7 Å². The molecule has 1 saturated heterocycles. The van der Waals surface area contributed by atoms with Crippen molar-refractivity contribution in [2.75, 3.05) is 23.8 Å². The summed E-state index contributed by atoms with van der Waals surface area (Å²) in [6.07, 6.45) is 6.01. The number of amides is 1. The van der Waals surface area contributed by atoms with E-state index in [1.54, 1.807) is 6.20 Å². The highest BCUT2D eigenvalue weighted by Gasteiger charge is 2.29. The highest BCUT2D eigenvalue weighted by Crippen LogP contribution is 2.38. The Balaban J connectivity index is 1.51. The molecule has 3 aromatic rings. The van der Waals surface area contributed by atoms with Crippen molar-refractivity contribution in [2.45, 2.75) is 50.6 Å². The third-order valence-corrected chi connectivity index (χ3v) is 7.02. The summed E-state index contributed by atoms with van der Waals surface area (Å²) < 4.78 is 34.9. The van der Waals surface area contributed by atoms with Gasteiger partial charge in [0.05, 0.1) is 16.9 Å². The lowest BCUT2D eigenvalue weighted by Gasteiger charge is -2.29. The summed E-state index contributed by atoms with van der Waals surface area (Å²) in [5, 5.41) is 6.44. The number of carbonyl (C=O) groups is 1. The van der Waals surface area contributed by atoms with E-state index in [1.807, 2.05) is 4.57 Å². The van der Waals surface area contributed by atoms with Crippen molar-refractivity contribution in [3.8, 4) is 0 Å². The minimum Gasteiger partial charge on any atom is -0.381 e. The van der Waals surface area contributed by atoms with Gasteiger partial charge in [-0.3, -0.25) is 9.36 Å². The molecule has 2 aromatic heterocycles. The van der Waals surface area contributed by atoms with Crippen molar-refractivity contribution >= 4 is 46.3 Å². The van der Waals surface area contributed by atoms with E-state index in [0.717, 1.165) is 25.0 Å². The van der Waals surface area contributed by atoms with Crippen LogP contribution in [0.4, 0.5) is 26.4 Å². The van der Waals surface area contributed by atoms with Crippen LogP contribution in [0.1, 0.15) is 44.6 Å². The van der Waals surface area contributed by atoms with E-state index < -0.39 is 11.6 Å². The van der Waals surface area contributed by atoms with Crippen molar-refractivity contribution in [3.05, 3.63) is 35.0 Å². The molecule has 1 aliphatic heterocycles. The molecule has 1 amide bonds. The SMILES string of the molecule is NC(=O)[C@H]1CC[C@H](n2c(Nc3cc(F)c(F)cc3Cl)nc3cnc(NC4CCOCC4)nc32)CC1. The van der Waals surface area contributed by atoms with E-state index in [0.29, 0.717) is 62.0 Å². The van der Waals surface area contributed by atoms with Gasteiger partial charge in [-0.05, 0) is 44.6 Å². The maximum Gasteiger partial charge on any atom is 0.224 e. The fraction of sp³-hybridized carbons (Fsp3) is 0.478. The van der Waals surface area contributed by atoms with E-state index in [9.17, 15) is 13.6 Å². The number of primary amides is 1. The van der Waals surface area contributed by atoms with E-state index in [-0.39, 0.29) is 34.6 Å². The van der Waals surface area contributed by atoms with Crippen molar-refractivity contribution in [1.82, 2.24) is 19.5 Å². The summed E-state index contributed by atoms with van der Waals surface area (Å²) in [6, 6.07) is 2.09. The average molecular weight is 506 g/mol. The van der Waals surface area contributed by atoms with E-state index >= 15 is 0 Å². The van der Waals surface area contributed by atoms with Crippen LogP contribution in [0.5, 0.6) is 0 Å². The fourth-order valence-electron chi connectivity index (χ4n) is 4.78. The number of hydrogen-bond acceptors (Lipinski definition) is 7. The number of hydrogen-bond donors (Lipinski definition) is 3. The largest absolute Gasteiger partial charge is 0.381 e. The van der Waals surface area contributed by atoms with Gasteiger partial charge < -0.3 is 21.1 Å². The highest BCUT2D eigenvalue weighted by molar-refractivity contribution is 6.33. The Labute approximate surface area is 205 Å². The fourth-order valence-corrected chi connectivity index (χ4v) is 4.97. The molecular weight excluding hydrogens is 480 g/mol. The maximum atomic E-state index is 13.9. The lowest BCUT2D eigenvalue weighted by molar-refractivity contribution is -0.122. The van der Waals surface area contributed by atoms with Crippen molar-refractivity contribution < 1.29 is 18.3 Å². The number of anilines is 3. The third-order valence-electron chi connectivity index (χ3n) is 6.71. The molecule has 1 saturated carbocycles. The molecule has 3 heterocycles. The van der Waals surface area contributed by atoms with Crippen LogP contribution < -0.4 is 16.4 Å². The predicted octanol–water partition coefficient (Wildman–Crippen LogP) is 4.31. The number of carbonyl (C=O) groups excluding carboxylic acids is 1. The molecule has 35 heavy (non-hydrogen) atoms. The molecule has 5 rings (SSSR count). The summed E-state index contributed by atoms with van der Waals surface area (Å²) >= 11 is 6.17. The Morgan fingerprint density at radius 3 is 2.51 bits per heavy atom. The van der Waals surface area contributed by atoms with Gasteiger partial charge in [-0.2, -0.15) is 4.98 Å². The van der Waals surface area contributed by atoms with Gasteiger partial charge >= 0.3 is 0 Å². The summed E-state index contributed by atoms with van der Waals surface area (Å²) in [6.45, 7) is 1.37. The zero-order chi connectivity index (χ0) is 24.5. The third kappa shape index (κ3) is 5.01. The molecule has 1 aromatic carbocycles.